The molecule has 2 aromatic carbocycles. The summed E-state index contributed by atoms with van der Waals surface area (Å²) in [7, 11) is 0. The Kier molecular flexibility index (Phi) is 3.12. The lowest BCUT2D eigenvalue weighted by atomic mass is 10.3. The quantitative estimate of drug-likeness (QED) is 0.795. The summed E-state index contributed by atoms with van der Waals surface area (Å²) in [5.41, 5.74) is 1.64. The van der Waals surface area contributed by atoms with Gasteiger partial charge < -0.3 is 5.32 Å². The molecule has 0 aliphatic carbocycles. The molecule has 0 atom stereocenters. The number of hydrogen-bond donors (Lipinski definition) is 1. The molecule has 1 aromatic heterocycles. The fraction of sp³-hybridized carbons (Fsp3) is 0. The van der Waals surface area contributed by atoms with Crippen molar-refractivity contribution in [3.05, 3.63) is 59.6 Å². The van der Waals surface area contributed by atoms with E-state index in [1.165, 1.54) is 0 Å². The van der Waals surface area contributed by atoms with Crippen LogP contribution in [0.25, 0.3) is 5.69 Å². The third-order valence-electron chi connectivity index (χ3n) is 2.58. The van der Waals surface area contributed by atoms with Crippen LogP contribution >= 0.6 is 11.6 Å². The largest absolute Gasteiger partial charge is 0.323 e. The van der Waals surface area contributed by atoms with Gasteiger partial charge in [-0.2, -0.15) is 4.68 Å². The molecule has 0 fully saturated rings. The van der Waals surface area contributed by atoms with Crippen LogP contribution in [-0.2, 0) is 0 Å². The molecule has 3 aromatic rings. The van der Waals surface area contributed by atoms with Gasteiger partial charge in [-0.25, -0.2) is 0 Å². The number of nitrogens with one attached hydrogen (secondary N) is 1. The Bertz CT molecular complexity index is 680. The molecule has 0 aliphatic rings. The van der Waals surface area contributed by atoms with E-state index in [4.69, 9.17) is 11.6 Å². The second-order valence-electron chi connectivity index (χ2n) is 3.86. The van der Waals surface area contributed by atoms with Gasteiger partial charge in [0.15, 0.2) is 0 Å². The number of aromatic nitrogens is 4. The van der Waals surface area contributed by atoms with Crippen molar-refractivity contribution in [2.24, 2.45) is 0 Å². The second-order valence-corrected chi connectivity index (χ2v) is 4.26. The highest BCUT2D eigenvalue weighted by atomic mass is 35.5. The van der Waals surface area contributed by atoms with E-state index < -0.39 is 0 Å². The van der Waals surface area contributed by atoms with Crippen LogP contribution < -0.4 is 5.32 Å². The zero-order valence-corrected chi connectivity index (χ0v) is 10.6. The zero-order chi connectivity index (χ0) is 13.1. The number of anilines is 2. The fourth-order valence-corrected chi connectivity index (χ4v) is 1.92. The molecule has 0 aliphatic heterocycles. The normalized spacial score (nSPS) is 10.4. The molecule has 0 saturated heterocycles. The van der Waals surface area contributed by atoms with Gasteiger partial charge in [-0.1, -0.05) is 47.0 Å². The smallest absolute Gasteiger partial charge is 0.252 e. The Morgan fingerprint density at radius 3 is 2.47 bits per heavy atom. The number of nitrogens with zero attached hydrogens (tertiary/aromatic N) is 4. The summed E-state index contributed by atoms with van der Waals surface area (Å²) >= 11 is 6.15. The monoisotopic (exact) mass is 271 g/mol. The Hall–Kier alpha value is -2.40. The topological polar surface area (TPSA) is 55.6 Å². The first-order valence-electron chi connectivity index (χ1n) is 5.70. The van der Waals surface area contributed by atoms with Crippen molar-refractivity contribution < 1.29 is 0 Å². The summed E-state index contributed by atoms with van der Waals surface area (Å²) in [5, 5.41) is 15.3. The minimum Gasteiger partial charge on any atom is -0.323 e. The molecule has 0 saturated carbocycles. The van der Waals surface area contributed by atoms with Crippen LogP contribution in [0.15, 0.2) is 54.6 Å². The van der Waals surface area contributed by atoms with E-state index >= 15 is 0 Å². The zero-order valence-electron chi connectivity index (χ0n) is 9.86. The minimum absolute atomic E-state index is 0.513. The van der Waals surface area contributed by atoms with E-state index in [0.717, 1.165) is 11.4 Å². The van der Waals surface area contributed by atoms with Crippen LogP contribution in [0, 0.1) is 0 Å². The molecular weight excluding hydrogens is 262 g/mol. The van der Waals surface area contributed by atoms with E-state index in [2.05, 4.69) is 20.8 Å². The third-order valence-corrected chi connectivity index (χ3v) is 2.90. The van der Waals surface area contributed by atoms with Crippen molar-refractivity contribution in [1.29, 1.82) is 0 Å². The predicted molar refractivity (Wildman–Crippen MR) is 73.9 cm³/mol. The van der Waals surface area contributed by atoms with Gasteiger partial charge in [0.2, 0.25) is 0 Å². The van der Waals surface area contributed by atoms with Gasteiger partial charge in [0, 0.05) is 5.69 Å². The SMILES string of the molecule is Clc1ccccc1-n1nnnc1Nc1ccccc1. The van der Waals surface area contributed by atoms with E-state index in [0.29, 0.717) is 11.0 Å². The number of hydrogen-bond acceptors (Lipinski definition) is 4. The number of benzene rings is 2. The lowest BCUT2D eigenvalue weighted by molar-refractivity contribution is 0.791. The first-order chi connectivity index (χ1) is 9.34. The summed E-state index contributed by atoms with van der Waals surface area (Å²) in [5.74, 6) is 0.513. The summed E-state index contributed by atoms with van der Waals surface area (Å²) < 4.78 is 1.56. The first kappa shape index (κ1) is 11.7. The molecule has 19 heavy (non-hydrogen) atoms. The molecule has 1 N–H and O–H groups in total. The summed E-state index contributed by atoms with van der Waals surface area (Å²) in [6.45, 7) is 0. The number of para-hydroxylation sites is 2. The summed E-state index contributed by atoms with van der Waals surface area (Å²) in [6, 6.07) is 17.1. The fourth-order valence-electron chi connectivity index (χ4n) is 1.70. The lowest BCUT2D eigenvalue weighted by Gasteiger charge is -2.07. The van der Waals surface area contributed by atoms with E-state index in [-0.39, 0.29) is 0 Å². The summed E-state index contributed by atoms with van der Waals surface area (Å²) in [6.07, 6.45) is 0. The number of rotatable bonds is 3. The summed E-state index contributed by atoms with van der Waals surface area (Å²) in [4.78, 5) is 0. The van der Waals surface area contributed by atoms with Crippen molar-refractivity contribution in [3.8, 4) is 5.69 Å². The maximum absolute atomic E-state index is 6.15. The van der Waals surface area contributed by atoms with Gasteiger partial charge in [0.25, 0.3) is 5.95 Å². The van der Waals surface area contributed by atoms with Crippen LogP contribution in [0.3, 0.4) is 0 Å². The maximum Gasteiger partial charge on any atom is 0.252 e. The van der Waals surface area contributed by atoms with Gasteiger partial charge in [-0.3, -0.25) is 0 Å². The Balaban J connectivity index is 1.98. The van der Waals surface area contributed by atoms with E-state index in [1.54, 1.807) is 10.7 Å². The van der Waals surface area contributed by atoms with Gasteiger partial charge in [0.1, 0.15) is 0 Å². The average Bonchev–Trinajstić information content (AvgIpc) is 2.88. The number of halogens is 1. The second kappa shape index (κ2) is 5.07. The van der Waals surface area contributed by atoms with Crippen molar-refractivity contribution in [1.82, 2.24) is 20.2 Å². The van der Waals surface area contributed by atoms with Crippen molar-refractivity contribution in [3.63, 3.8) is 0 Å². The van der Waals surface area contributed by atoms with Crippen LogP contribution in [0.4, 0.5) is 11.6 Å². The van der Waals surface area contributed by atoms with Crippen molar-refractivity contribution in [2.75, 3.05) is 5.32 Å². The Morgan fingerprint density at radius 1 is 0.947 bits per heavy atom. The van der Waals surface area contributed by atoms with Gasteiger partial charge in [0.05, 0.1) is 10.7 Å². The molecule has 0 spiro atoms. The van der Waals surface area contributed by atoms with E-state index in [9.17, 15) is 0 Å². The Morgan fingerprint density at radius 2 is 1.68 bits per heavy atom. The molecule has 3 rings (SSSR count). The third kappa shape index (κ3) is 2.41. The predicted octanol–water partition coefficient (Wildman–Crippen LogP) is 3.06. The van der Waals surface area contributed by atoms with Crippen LogP contribution in [-0.4, -0.2) is 20.2 Å². The van der Waals surface area contributed by atoms with Gasteiger partial charge in [-0.05, 0) is 34.7 Å². The molecule has 6 heteroatoms. The Labute approximate surface area is 114 Å². The molecule has 1 heterocycles. The molecule has 0 unspecified atom stereocenters. The van der Waals surface area contributed by atoms with Gasteiger partial charge >= 0.3 is 0 Å². The molecule has 94 valence electrons. The van der Waals surface area contributed by atoms with Crippen molar-refractivity contribution >= 4 is 23.2 Å². The molecule has 0 amide bonds. The van der Waals surface area contributed by atoms with Crippen molar-refractivity contribution in [2.45, 2.75) is 0 Å². The van der Waals surface area contributed by atoms with Crippen LogP contribution in [0.5, 0.6) is 0 Å². The molecular formula is C13H10ClN5. The highest BCUT2D eigenvalue weighted by Crippen LogP contribution is 2.22. The average molecular weight is 272 g/mol. The highest BCUT2D eigenvalue weighted by molar-refractivity contribution is 6.32. The molecule has 5 nitrogen and oxygen atoms in total. The lowest BCUT2D eigenvalue weighted by Crippen LogP contribution is -2.03. The highest BCUT2D eigenvalue weighted by Gasteiger charge is 2.10. The molecule has 0 radical (unpaired) electrons. The van der Waals surface area contributed by atoms with Crippen LogP contribution in [0.1, 0.15) is 0 Å². The molecule has 0 bridgehead atoms. The van der Waals surface area contributed by atoms with E-state index in [1.807, 2.05) is 48.5 Å². The standard InChI is InChI=1S/C13H10ClN5/c14-11-8-4-5-9-12(11)19-13(16-17-18-19)15-10-6-2-1-3-7-10/h1-9H,(H,15,16,18). The van der Waals surface area contributed by atoms with Crippen LogP contribution in [0.2, 0.25) is 5.02 Å². The first-order valence-corrected chi connectivity index (χ1v) is 6.08. The minimum atomic E-state index is 0.513. The maximum atomic E-state index is 6.15. The van der Waals surface area contributed by atoms with Gasteiger partial charge in [-0.15, -0.1) is 0 Å². The number of tetrazole rings is 1.